The SMILES string of the molecule is O=C(O)[C@H](C=S)NO. The molecule has 0 aromatic heterocycles. The van der Waals surface area contributed by atoms with Crippen molar-refractivity contribution in [1.82, 2.24) is 5.48 Å². The smallest absolute Gasteiger partial charge is 0.327 e. The number of carboxylic acid groups (broad SMARTS) is 1. The molecule has 0 aliphatic rings. The molecule has 0 aromatic rings. The number of hydroxylamine groups is 1. The molecular formula is C3H5NO3S. The Morgan fingerprint density at radius 3 is 2.38 bits per heavy atom. The molecule has 0 heterocycles. The first-order chi connectivity index (χ1) is 3.72. The third-order valence-corrected chi connectivity index (χ3v) is 0.813. The second kappa shape index (κ2) is 3.48. The van der Waals surface area contributed by atoms with Gasteiger partial charge in [-0.05, 0) is 0 Å². The predicted molar refractivity (Wildman–Crippen MR) is 30.0 cm³/mol. The first-order valence-electron chi connectivity index (χ1n) is 1.80. The number of carbonyl (C=O) groups is 1. The van der Waals surface area contributed by atoms with E-state index < -0.39 is 12.0 Å². The Hall–Kier alpha value is -0.520. The summed E-state index contributed by atoms with van der Waals surface area (Å²) >= 11 is 4.22. The molecule has 0 spiro atoms. The van der Waals surface area contributed by atoms with E-state index in [1.54, 1.807) is 0 Å². The summed E-state index contributed by atoms with van der Waals surface area (Å²) in [4.78, 5) is 9.84. The summed E-state index contributed by atoms with van der Waals surface area (Å²) in [6, 6.07) is -1.13. The zero-order valence-electron chi connectivity index (χ0n) is 3.87. The quantitative estimate of drug-likeness (QED) is 0.356. The minimum Gasteiger partial charge on any atom is -0.480 e. The maximum absolute atomic E-state index is 9.84. The van der Waals surface area contributed by atoms with Gasteiger partial charge in [-0.2, -0.15) is 5.48 Å². The fraction of sp³-hybridized carbons (Fsp3) is 0.333. The summed E-state index contributed by atoms with van der Waals surface area (Å²) < 4.78 is 0. The minimum atomic E-state index is -1.19. The van der Waals surface area contributed by atoms with Gasteiger partial charge in [0.1, 0.15) is 0 Å². The van der Waals surface area contributed by atoms with Crippen LogP contribution in [0.1, 0.15) is 0 Å². The molecule has 1 atom stereocenters. The second-order valence-corrected chi connectivity index (χ2v) is 1.35. The van der Waals surface area contributed by atoms with Gasteiger partial charge >= 0.3 is 5.97 Å². The molecule has 4 nitrogen and oxygen atoms in total. The van der Waals surface area contributed by atoms with Crippen molar-refractivity contribution in [2.75, 3.05) is 0 Å². The highest BCUT2D eigenvalue weighted by atomic mass is 32.1. The highest BCUT2D eigenvalue weighted by Crippen LogP contribution is 1.74. The molecule has 0 bridgehead atoms. The van der Waals surface area contributed by atoms with Crippen LogP contribution in [0.3, 0.4) is 0 Å². The molecule has 5 heteroatoms. The number of nitrogens with one attached hydrogen (secondary N) is 1. The van der Waals surface area contributed by atoms with Crippen LogP contribution in [-0.4, -0.2) is 27.7 Å². The Balaban J connectivity index is 3.69. The number of carboxylic acids is 1. The molecule has 3 N–H and O–H groups in total. The van der Waals surface area contributed by atoms with Crippen LogP contribution in [0.5, 0.6) is 0 Å². The van der Waals surface area contributed by atoms with Gasteiger partial charge in [0, 0.05) is 5.37 Å². The summed E-state index contributed by atoms with van der Waals surface area (Å²) in [5.41, 5.74) is 1.49. The number of hydrogen-bond donors (Lipinski definition) is 3. The van der Waals surface area contributed by atoms with Gasteiger partial charge in [-0.1, -0.05) is 12.2 Å². The van der Waals surface area contributed by atoms with Crippen molar-refractivity contribution in [3.63, 3.8) is 0 Å². The van der Waals surface area contributed by atoms with Crippen LogP contribution < -0.4 is 5.48 Å². The summed E-state index contributed by atoms with van der Waals surface area (Å²) in [7, 11) is 0. The van der Waals surface area contributed by atoms with Gasteiger partial charge in [0.15, 0.2) is 6.04 Å². The lowest BCUT2D eigenvalue weighted by atomic mass is 10.4. The number of hydrogen-bond acceptors (Lipinski definition) is 4. The number of aliphatic carboxylic acids is 1. The molecule has 0 saturated carbocycles. The fourth-order valence-electron chi connectivity index (χ4n) is 0.144. The largest absolute Gasteiger partial charge is 0.480 e. The van der Waals surface area contributed by atoms with Crippen molar-refractivity contribution in [2.45, 2.75) is 6.04 Å². The van der Waals surface area contributed by atoms with Crippen LogP contribution in [0, 0.1) is 0 Å². The van der Waals surface area contributed by atoms with Crippen LogP contribution in [0.15, 0.2) is 0 Å². The molecule has 0 saturated heterocycles. The molecule has 0 rings (SSSR count). The topological polar surface area (TPSA) is 69.6 Å². The van der Waals surface area contributed by atoms with Gasteiger partial charge < -0.3 is 10.3 Å². The van der Waals surface area contributed by atoms with Crippen molar-refractivity contribution in [1.29, 1.82) is 0 Å². The molecule has 0 fully saturated rings. The Bertz CT molecular complexity index is 105. The van der Waals surface area contributed by atoms with E-state index in [0.29, 0.717) is 0 Å². The van der Waals surface area contributed by atoms with Gasteiger partial charge in [-0.25, -0.2) is 0 Å². The van der Waals surface area contributed by atoms with E-state index in [1.807, 2.05) is 0 Å². The zero-order chi connectivity index (χ0) is 6.57. The van der Waals surface area contributed by atoms with Crippen LogP contribution in [0.25, 0.3) is 0 Å². The average molecular weight is 135 g/mol. The van der Waals surface area contributed by atoms with E-state index in [1.165, 1.54) is 5.48 Å². The first-order valence-corrected chi connectivity index (χ1v) is 2.27. The van der Waals surface area contributed by atoms with Crippen LogP contribution >= 0.6 is 12.2 Å². The minimum absolute atomic E-state index is 0.919. The fourth-order valence-corrected chi connectivity index (χ4v) is 0.321. The van der Waals surface area contributed by atoms with Crippen LogP contribution in [-0.2, 0) is 4.79 Å². The van der Waals surface area contributed by atoms with Gasteiger partial charge in [0.2, 0.25) is 0 Å². The molecular weight excluding hydrogens is 130 g/mol. The van der Waals surface area contributed by atoms with Gasteiger partial charge in [0.25, 0.3) is 0 Å². The van der Waals surface area contributed by atoms with Crippen molar-refractivity contribution in [3.8, 4) is 0 Å². The maximum Gasteiger partial charge on any atom is 0.327 e. The Kier molecular flexibility index (Phi) is 3.25. The summed E-state index contributed by atoms with van der Waals surface area (Å²) in [6.45, 7) is 0. The van der Waals surface area contributed by atoms with Crippen LogP contribution in [0.2, 0.25) is 0 Å². The van der Waals surface area contributed by atoms with E-state index in [0.717, 1.165) is 5.37 Å². The normalized spacial score (nSPS) is 12.6. The monoisotopic (exact) mass is 135 g/mol. The molecule has 8 heavy (non-hydrogen) atoms. The lowest BCUT2D eigenvalue weighted by Crippen LogP contribution is -2.34. The average Bonchev–Trinajstić information content (AvgIpc) is 1.69. The van der Waals surface area contributed by atoms with Crippen molar-refractivity contribution in [3.05, 3.63) is 0 Å². The van der Waals surface area contributed by atoms with Gasteiger partial charge in [0.05, 0.1) is 0 Å². The van der Waals surface area contributed by atoms with E-state index in [2.05, 4.69) is 12.2 Å². The summed E-state index contributed by atoms with van der Waals surface area (Å²) in [5, 5.41) is 16.9. The highest BCUT2D eigenvalue weighted by molar-refractivity contribution is 7.79. The predicted octanol–water partition coefficient (Wildman–Crippen LogP) is -0.582. The van der Waals surface area contributed by atoms with Gasteiger partial charge in [-0.3, -0.25) is 4.79 Å². The van der Waals surface area contributed by atoms with Crippen LogP contribution in [0.4, 0.5) is 0 Å². The first kappa shape index (κ1) is 7.48. The standard InChI is InChI=1S/C3H5NO3S/c5-3(6)2(1-8)4-7/h1-2,4,7H,(H,5,6)/t2-/m0/s1. The summed E-state index contributed by atoms with van der Waals surface area (Å²) in [5.74, 6) is -1.19. The van der Waals surface area contributed by atoms with E-state index >= 15 is 0 Å². The molecule has 0 aromatic carbocycles. The third-order valence-electron chi connectivity index (χ3n) is 0.541. The van der Waals surface area contributed by atoms with E-state index in [-0.39, 0.29) is 0 Å². The lowest BCUT2D eigenvalue weighted by molar-refractivity contribution is -0.139. The molecule has 0 aliphatic carbocycles. The van der Waals surface area contributed by atoms with Gasteiger partial charge in [-0.15, -0.1) is 0 Å². The number of thiocarbonyl (C=S) groups is 1. The highest BCUT2D eigenvalue weighted by Gasteiger charge is 2.10. The van der Waals surface area contributed by atoms with Crippen molar-refractivity contribution >= 4 is 23.6 Å². The molecule has 0 unspecified atom stereocenters. The Morgan fingerprint density at radius 2 is 2.38 bits per heavy atom. The molecule has 0 aliphatic heterocycles. The number of rotatable bonds is 3. The molecule has 0 amide bonds. The second-order valence-electron chi connectivity index (χ2n) is 1.08. The van der Waals surface area contributed by atoms with E-state index in [4.69, 9.17) is 10.3 Å². The van der Waals surface area contributed by atoms with Crippen molar-refractivity contribution in [2.24, 2.45) is 0 Å². The Morgan fingerprint density at radius 1 is 1.88 bits per heavy atom. The maximum atomic E-state index is 9.84. The van der Waals surface area contributed by atoms with Crippen molar-refractivity contribution < 1.29 is 15.1 Å². The third kappa shape index (κ3) is 1.97. The molecule has 46 valence electrons. The molecule has 0 radical (unpaired) electrons. The Labute approximate surface area is 51.1 Å². The van der Waals surface area contributed by atoms with E-state index in [9.17, 15) is 4.79 Å². The summed E-state index contributed by atoms with van der Waals surface area (Å²) in [6.07, 6.45) is 0. The zero-order valence-corrected chi connectivity index (χ0v) is 4.68. The lowest BCUT2D eigenvalue weighted by Gasteiger charge is -1.99.